The van der Waals surface area contributed by atoms with Crippen molar-refractivity contribution in [2.45, 2.75) is 0 Å². The second kappa shape index (κ2) is 4.15. The molecule has 3 heteroatoms. The van der Waals surface area contributed by atoms with Crippen molar-refractivity contribution in [1.29, 1.82) is 0 Å². The van der Waals surface area contributed by atoms with Gasteiger partial charge in [-0.15, -0.1) is 6.07 Å². The first kappa shape index (κ1) is 9.12. The Morgan fingerprint density at radius 1 is 1.17 bits per heavy atom. The number of aromatic nitrogens is 2. The van der Waals surface area contributed by atoms with Gasteiger partial charge in [0.2, 0.25) is 0 Å². The summed E-state index contributed by atoms with van der Waals surface area (Å²) in [7, 11) is 0. The van der Waals surface area contributed by atoms with Crippen molar-refractivity contribution < 1.29 is 18.9 Å². The van der Waals surface area contributed by atoms with Crippen LogP contribution in [-0.2, 0) is 0 Å². The van der Waals surface area contributed by atoms with Crippen molar-refractivity contribution in [2.75, 3.05) is 0 Å². The van der Waals surface area contributed by atoms with Crippen molar-refractivity contribution in [3.05, 3.63) is 48.8 Å². The van der Waals surface area contributed by atoms with Gasteiger partial charge in [-0.1, -0.05) is 42.7 Å². The molecule has 1 aromatic carbocycles. The fourth-order valence-electron chi connectivity index (χ4n) is 0.948. The van der Waals surface area contributed by atoms with Crippen LogP contribution in [0, 0.1) is 6.20 Å². The first-order valence-electron chi connectivity index (χ1n) is 3.44. The van der Waals surface area contributed by atoms with E-state index in [4.69, 9.17) is 0 Å². The zero-order chi connectivity index (χ0) is 7.52. The summed E-state index contributed by atoms with van der Waals surface area (Å²) >= 11 is 0. The van der Waals surface area contributed by atoms with Crippen LogP contribution in [-0.4, -0.2) is 9.78 Å². The van der Waals surface area contributed by atoms with Gasteiger partial charge < -0.3 is 4.68 Å². The van der Waals surface area contributed by atoms with Gasteiger partial charge in [0.25, 0.3) is 0 Å². The minimum Gasteiger partial charge on any atom is -0.360 e. The SMILES string of the molecule is [Li+].[c-]1ccnn1-c1ccccc1. The largest absolute Gasteiger partial charge is 1.00 e. The standard InChI is InChI=1S/C9H7N2.Li/c1-2-5-9(6-3-1)11-8-4-7-10-11;/h1-7H;/q-1;+1. The molecule has 1 aromatic heterocycles. The Labute approximate surface area is 83.4 Å². The summed E-state index contributed by atoms with van der Waals surface area (Å²) in [5.41, 5.74) is 1.04. The molecule has 0 radical (unpaired) electrons. The Balaban J connectivity index is 0.000000720. The molecular weight excluding hydrogens is 143 g/mol. The van der Waals surface area contributed by atoms with Crippen molar-refractivity contribution in [1.82, 2.24) is 9.78 Å². The zero-order valence-electron chi connectivity index (χ0n) is 6.94. The van der Waals surface area contributed by atoms with Crippen LogP contribution in [0.5, 0.6) is 0 Å². The Morgan fingerprint density at radius 2 is 1.92 bits per heavy atom. The van der Waals surface area contributed by atoms with Crippen LogP contribution in [0.3, 0.4) is 0 Å². The van der Waals surface area contributed by atoms with Crippen molar-refractivity contribution in [2.24, 2.45) is 0 Å². The molecule has 0 saturated carbocycles. The normalized spacial score (nSPS) is 9.00. The van der Waals surface area contributed by atoms with E-state index in [9.17, 15) is 0 Å². The van der Waals surface area contributed by atoms with Crippen molar-refractivity contribution in [3.63, 3.8) is 0 Å². The molecule has 0 aliphatic carbocycles. The van der Waals surface area contributed by atoms with E-state index >= 15 is 0 Å². The molecule has 2 aromatic rings. The van der Waals surface area contributed by atoms with E-state index in [0.29, 0.717) is 0 Å². The van der Waals surface area contributed by atoms with E-state index in [1.165, 1.54) is 0 Å². The van der Waals surface area contributed by atoms with E-state index in [-0.39, 0.29) is 18.9 Å². The van der Waals surface area contributed by atoms with Gasteiger partial charge in [0.15, 0.2) is 0 Å². The molecule has 54 valence electrons. The van der Waals surface area contributed by atoms with Gasteiger partial charge in [0, 0.05) is 0 Å². The molecule has 0 aliphatic heterocycles. The number of nitrogens with zero attached hydrogens (tertiary/aromatic N) is 2. The van der Waals surface area contributed by atoms with E-state index in [1.54, 1.807) is 16.9 Å². The molecule has 0 fully saturated rings. The summed E-state index contributed by atoms with van der Waals surface area (Å²) in [6.45, 7) is 0. The van der Waals surface area contributed by atoms with Crippen LogP contribution >= 0.6 is 0 Å². The van der Waals surface area contributed by atoms with Gasteiger partial charge in [-0.2, -0.15) is 0 Å². The van der Waals surface area contributed by atoms with Gasteiger partial charge in [-0.05, 0) is 5.69 Å². The van der Waals surface area contributed by atoms with Crippen LogP contribution < -0.4 is 18.9 Å². The molecule has 1 heterocycles. The van der Waals surface area contributed by atoms with Crippen LogP contribution in [0.2, 0.25) is 0 Å². The molecule has 0 amide bonds. The summed E-state index contributed by atoms with van der Waals surface area (Å²) in [5.74, 6) is 0. The molecule has 0 saturated heterocycles. The van der Waals surface area contributed by atoms with Crippen molar-refractivity contribution >= 4 is 0 Å². The average molecular weight is 150 g/mol. The van der Waals surface area contributed by atoms with Crippen LogP contribution in [0.4, 0.5) is 0 Å². The molecule has 0 atom stereocenters. The van der Waals surface area contributed by atoms with Gasteiger partial charge in [-0.3, -0.25) is 5.10 Å². The molecule has 0 bridgehead atoms. The molecule has 0 aliphatic rings. The fourth-order valence-corrected chi connectivity index (χ4v) is 0.948. The molecule has 0 N–H and O–H groups in total. The maximum Gasteiger partial charge on any atom is 1.00 e. The first-order chi connectivity index (χ1) is 5.47. The monoisotopic (exact) mass is 150 g/mol. The minimum atomic E-state index is 0. The number of benzene rings is 1. The van der Waals surface area contributed by atoms with Gasteiger partial charge in [0.05, 0.1) is 0 Å². The Bertz CT molecular complexity index is 316. The number of para-hydroxylation sites is 1. The first-order valence-corrected chi connectivity index (χ1v) is 3.44. The third-order valence-electron chi connectivity index (χ3n) is 1.45. The fraction of sp³-hybridized carbons (Fsp3) is 0. The van der Waals surface area contributed by atoms with E-state index in [0.717, 1.165) is 5.69 Å². The maximum atomic E-state index is 4.05. The smallest absolute Gasteiger partial charge is 0.360 e. The van der Waals surface area contributed by atoms with E-state index in [2.05, 4.69) is 11.3 Å². The molecule has 2 rings (SSSR count). The molecular formula is C9H7LiN2. The predicted octanol–water partition coefficient (Wildman–Crippen LogP) is -1.32. The second-order valence-electron chi connectivity index (χ2n) is 2.21. The van der Waals surface area contributed by atoms with Crippen LogP contribution in [0.25, 0.3) is 5.69 Å². The summed E-state index contributed by atoms with van der Waals surface area (Å²) in [4.78, 5) is 0. The zero-order valence-corrected chi connectivity index (χ0v) is 6.94. The van der Waals surface area contributed by atoms with E-state index < -0.39 is 0 Å². The summed E-state index contributed by atoms with van der Waals surface area (Å²) in [6.07, 6.45) is 4.67. The predicted molar refractivity (Wildman–Crippen MR) is 42.4 cm³/mol. The summed E-state index contributed by atoms with van der Waals surface area (Å²) in [5, 5.41) is 4.05. The maximum absolute atomic E-state index is 4.05. The van der Waals surface area contributed by atoms with Gasteiger partial charge >= 0.3 is 18.9 Å². The summed E-state index contributed by atoms with van der Waals surface area (Å²) in [6, 6.07) is 11.7. The molecule has 2 nitrogen and oxygen atoms in total. The Kier molecular flexibility index (Phi) is 3.16. The quantitative estimate of drug-likeness (QED) is 0.364. The van der Waals surface area contributed by atoms with Gasteiger partial charge in [-0.25, -0.2) is 0 Å². The average Bonchev–Trinajstić information content (AvgIpc) is 2.58. The number of rotatable bonds is 1. The molecule has 12 heavy (non-hydrogen) atoms. The number of hydrogen-bond acceptors (Lipinski definition) is 1. The number of hydrogen-bond donors (Lipinski definition) is 0. The van der Waals surface area contributed by atoms with Crippen LogP contribution in [0.1, 0.15) is 0 Å². The molecule has 0 spiro atoms. The minimum absolute atomic E-state index is 0. The second-order valence-corrected chi connectivity index (χ2v) is 2.21. The third kappa shape index (κ3) is 1.79. The van der Waals surface area contributed by atoms with E-state index in [1.807, 2.05) is 30.3 Å². The summed E-state index contributed by atoms with van der Waals surface area (Å²) < 4.78 is 1.71. The third-order valence-corrected chi connectivity index (χ3v) is 1.45. The molecule has 0 unspecified atom stereocenters. The topological polar surface area (TPSA) is 17.8 Å². The van der Waals surface area contributed by atoms with Crippen molar-refractivity contribution in [3.8, 4) is 5.69 Å². The van der Waals surface area contributed by atoms with Gasteiger partial charge in [0.1, 0.15) is 0 Å². The Hall–Kier alpha value is -0.973. The van der Waals surface area contributed by atoms with Crippen LogP contribution in [0.15, 0.2) is 42.6 Å². The Morgan fingerprint density at radius 3 is 2.50 bits per heavy atom.